The maximum Gasteiger partial charge on any atom is 0.148 e. The van der Waals surface area contributed by atoms with Crippen molar-refractivity contribution in [1.29, 1.82) is 0 Å². The first-order valence-electron chi connectivity index (χ1n) is 16.4. The van der Waals surface area contributed by atoms with Gasteiger partial charge >= 0.3 is 0 Å². The molecule has 0 fully saturated rings. The Kier molecular flexibility index (Phi) is 5.31. The highest BCUT2D eigenvalue weighted by atomic mass is 32.1. The Morgan fingerprint density at radius 1 is 0.542 bits per heavy atom. The zero-order valence-electron chi connectivity index (χ0n) is 26.1. The summed E-state index contributed by atoms with van der Waals surface area (Å²) in [5.41, 5.74) is 8.19. The molecular formula is C44H28N2S2. The molecule has 9 aromatic rings. The minimum Gasteiger partial charge on any atom is -0.356 e. The third-order valence-corrected chi connectivity index (χ3v) is 13.1. The SMILES string of the molecule is CC12Nc3c(ccc4ccccc34)N1C(c1ccc(-c3ccc4sc5ccccc5c4c3)cc1)=Cc1c2sc2c1ccc1ccccc12. The van der Waals surface area contributed by atoms with Gasteiger partial charge in [0.05, 0.1) is 21.9 Å². The van der Waals surface area contributed by atoms with Crippen LogP contribution in [0, 0.1) is 0 Å². The zero-order valence-corrected chi connectivity index (χ0v) is 27.8. The van der Waals surface area contributed by atoms with Gasteiger partial charge in [0.1, 0.15) is 5.66 Å². The summed E-state index contributed by atoms with van der Waals surface area (Å²) >= 11 is 3.80. The number of fused-ring (bicyclic) bond motifs is 14. The second-order valence-corrected chi connectivity index (χ2v) is 15.2. The molecule has 7 aromatic carbocycles. The molecule has 0 bridgehead atoms. The maximum absolute atomic E-state index is 4.08. The second kappa shape index (κ2) is 9.57. The molecule has 0 amide bonds. The molecule has 1 atom stereocenters. The highest BCUT2D eigenvalue weighted by Crippen LogP contribution is 2.58. The average molecular weight is 649 g/mol. The minimum atomic E-state index is -0.444. The van der Waals surface area contributed by atoms with Crippen LogP contribution in [-0.2, 0) is 5.66 Å². The van der Waals surface area contributed by atoms with Gasteiger partial charge in [-0.25, -0.2) is 0 Å². The summed E-state index contributed by atoms with van der Waals surface area (Å²) in [5.74, 6) is 0. The fourth-order valence-electron chi connectivity index (χ4n) is 8.15. The molecule has 1 N–H and O–H groups in total. The molecule has 11 rings (SSSR count). The number of nitrogens with one attached hydrogen (secondary N) is 1. The van der Waals surface area contributed by atoms with E-state index in [9.17, 15) is 0 Å². The van der Waals surface area contributed by atoms with Gasteiger partial charge in [-0.2, -0.15) is 0 Å². The lowest BCUT2D eigenvalue weighted by Crippen LogP contribution is -2.45. The number of thiophene rings is 2. The molecule has 2 aromatic heterocycles. The molecule has 2 aliphatic rings. The van der Waals surface area contributed by atoms with Crippen molar-refractivity contribution in [3.8, 4) is 11.1 Å². The van der Waals surface area contributed by atoms with E-state index in [1.807, 2.05) is 22.7 Å². The molecule has 0 saturated carbocycles. The highest BCUT2D eigenvalue weighted by Gasteiger charge is 2.48. The lowest BCUT2D eigenvalue weighted by molar-refractivity contribution is 0.589. The van der Waals surface area contributed by atoms with Crippen molar-refractivity contribution in [3.05, 3.63) is 156 Å². The molecule has 4 heteroatoms. The largest absolute Gasteiger partial charge is 0.356 e. The van der Waals surface area contributed by atoms with Gasteiger partial charge in [-0.1, -0.05) is 115 Å². The van der Waals surface area contributed by atoms with E-state index >= 15 is 0 Å². The molecule has 0 saturated heterocycles. The Morgan fingerprint density at radius 2 is 1.21 bits per heavy atom. The van der Waals surface area contributed by atoms with Crippen LogP contribution < -0.4 is 10.2 Å². The summed E-state index contributed by atoms with van der Waals surface area (Å²) in [6, 6.07) is 51.5. The van der Waals surface area contributed by atoms with Crippen molar-refractivity contribution in [2.24, 2.45) is 0 Å². The smallest absolute Gasteiger partial charge is 0.148 e. The fraction of sp³-hybridized carbons (Fsp3) is 0.0455. The van der Waals surface area contributed by atoms with E-state index in [-0.39, 0.29) is 0 Å². The van der Waals surface area contributed by atoms with Gasteiger partial charge in [0.25, 0.3) is 0 Å². The van der Waals surface area contributed by atoms with Crippen molar-refractivity contribution in [3.63, 3.8) is 0 Å². The van der Waals surface area contributed by atoms with Gasteiger partial charge in [0, 0.05) is 41.2 Å². The quantitative estimate of drug-likeness (QED) is 0.201. The van der Waals surface area contributed by atoms with E-state index in [4.69, 9.17) is 0 Å². The van der Waals surface area contributed by atoms with Crippen LogP contribution in [0.1, 0.15) is 22.9 Å². The monoisotopic (exact) mass is 648 g/mol. The Labute approximate surface area is 285 Å². The first-order valence-corrected chi connectivity index (χ1v) is 18.1. The average Bonchev–Trinajstić information content (AvgIpc) is 3.81. The zero-order chi connectivity index (χ0) is 31.6. The molecule has 4 heterocycles. The van der Waals surface area contributed by atoms with E-state index in [0.717, 1.165) is 0 Å². The van der Waals surface area contributed by atoms with E-state index in [0.29, 0.717) is 0 Å². The lowest BCUT2D eigenvalue weighted by atomic mass is 9.92. The standard InChI is InChI=1S/C44H28N2S2/c1-44-43-36(34-21-18-28-9-3-5-11-32(28)42(34)48-43)25-38(46(44)37-22-19-27-8-2-4-10-31(27)41(37)45-44)29-16-14-26(15-17-29)30-20-23-40-35(24-30)33-12-6-7-13-39(33)47-40/h2-25,45H,1H3. The van der Waals surface area contributed by atoms with Crippen LogP contribution in [0.15, 0.2) is 140 Å². The van der Waals surface area contributed by atoms with Crippen LogP contribution in [0.4, 0.5) is 11.4 Å². The number of benzene rings is 7. The van der Waals surface area contributed by atoms with E-state index in [1.165, 1.54) is 96.0 Å². The summed E-state index contributed by atoms with van der Waals surface area (Å²) in [6.45, 7) is 2.36. The van der Waals surface area contributed by atoms with E-state index < -0.39 is 5.66 Å². The number of rotatable bonds is 2. The molecule has 0 spiro atoms. The van der Waals surface area contributed by atoms with E-state index in [2.05, 4.69) is 163 Å². The van der Waals surface area contributed by atoms with Crippen LogP contribution in [0.25, 0.3) is 74.7 Å². The molecular weight excluding hydrogens is 621 g/mol. The Hall–Kier alpha value is -5.42. The summed E-state index contributed by atoms with van der Waals surface area (Å²) in [5, 5.41) is 13.2. The third kappa shape index (κ3) is 3.56. The molecule has 0 aliphatic carbocycles. The molecule has 0 radical (unpaired) electrons. The molecule has 48 heavy (non-hydrogen) atoms. The highest BCUT2D eigenvalue weighted by molar-refractivity contribution is 7.25. The van der Waals surface area contributed by atoms with E-state index in [1.54, 1.807) is 0 Å². The van der Waals surface area contributed by atoms with Gasteiger partial charge in [-0.15, -0.1) is 22.7 Å². The minimum absolute atomic E-state index is 0.444. The van der Waals surface area contributed by atoms with Crippen molar-refractivity contribution < 1.29 is 0 Å². The van der Waals surface area contributed by atoms with Gasteiger partial charge in [0.15, 0.2) is 0 Å². The first-order chi connectivity index (χ1) is 23.6. The van der Waals surface area contributed by atoms with Gasteiger partial charge < -0.3 is 10.2 Å². The van der Waals surface area contributed by atoms with Gasteiger partial charge in [-0.3, -0.25) is 0 Å². The van der Waals surface area contributed by atoms with Crippen molar-refractivity contribution >= 4 is 97.6 Å². The number of nitrogens with zero attached hydrogens (tertiary/aromatic N) is 1. The maximum atomic E-state index is 4.08. The lowest BCUT2D eigenvalue weighted by Gasteiger charge is -2.41. The molecule has 226 valence electrons. The molecule has 2 nitrogen and oxygen atoms in total. The third-order valence-electron chi connectivity index (χ3n) is 10.4. The van der Waals surface area contributed by atoms with Crippen LogP contribution in [-0.4, -0.2) is 0 Å². The van der Waals surface area contributed by atoms with Crippen LogP contribution >= 0.6 is 22.7 Å². The topological polar surface area (TPSA) is 15.3 Å². The Morgan fingerprint density at radius 3 is 2.06 bits per heavy atom. The van der Waals surface area contributed by atoms with Crippen molar-refractivity contribution in [2.45, 2.75) is 12.6 Å². The van der Waals surface area contributed by atoms with Crippen LogP contribution in [0.5, 0.6) is 0 Å². The summed E-state index contributed by atoms with van der Waals surface area (Å²) in [4.78, 5) is 3.90. The summed E-state index contributed by atoms with van der Waals surface area (Å²) in [7, 11) is 0. The van der Waals surface area contributed by atoms with Crippen molar-refractivity contribution in [1.82, 2.24) is 0 Å². The number of hydrogen-bond donors (Lipinski definition) is 1. The van der Waals surface area contributed by atoms with Crippen molar-refractivity contribution in [2.75, 3.05) is 10.2 Å². The van der Waals surface area contributed by atoms with Crippen LogP contribution in [0.3, 0.4) is 0 Å². The predicted molar refractivity (Wildman–Crippen MR) is 209 cm³/mol. The summed E-state index contributed by atoms with van der Waals surface area (Å²) in [6.07, 6.45) is 2.44. The number of hydrogen-bond acceptors (Lipinski definition) is 4. The summed E-state index contributed by atoms with van der Waals surface area (Å²) < 4.78 is 4.03. The van der Waals surface area contributed by atoms with Gasteiger partial charge in [-0.05, 0) is 70.1 Å². The van der Waals surface area contributed by atoms with Gasteiger partial charge in [0.2, 0.25) is 0 Å². The Balaban J connectivity index is 1.11. The number of anilines is 2. The molecule has 2 aliphatic heterocycles. The predicted octanol–water partition coefficient (Wildman–Crippen LogP) is 12.9. The molecule has 1 unspecified atom stereocenters. The second-order valence-electron chi connectivity index (χ2n) is 13.1. The fourth-order valence-corrected chi connectivity index (χ4v) is 10.6. The normalized spacial score (nSPS) is 16.8. The van der Waals surface area contributed by atoms with Crippen LogP contribution in [0.2, 0.25) is 0 Å². The Bertz CT molecular complexity index is 2840. The first kappa shape index (κ1) is 26.6.